The Morgan fingerprint density at radius 2 is 2.12 bits per heavy atom. The van der Waals surface area contributed by atoms with Gasteiger partial charge in [0.15, 0.2) is 0 Å². The van der Waals surface area contributed by atoms with E-state index in [1.54, 1.807) is 0 Å². The van der Waals surface area contributed by atoms with Crippen molar-refractivity contribution in [3.8, 4) is 0 Å². The summed E-state index contributed by atoms with van der Waals surface area (Å²) in [5, 5.41) is 14.9. The van der Waals surface area contributed by atoms with E-state index in [9.17, 15) is 9.59 Å². The van der Waals surface area contributed by atoms with E-state index in [-0.39, 0.29) is 18.4 Å². The third-order valence-corrected chi connectivity index (χ3v) is 3.57. The van der Waals surface area contributed by atoms with Crippen LogP contribution in [0.2, 0.25) is 0 Å². The summed E-state index contributed by atoms with van der Waals surface area (Å²) in [7, 11) is 0. The quantitative estimate of drug-likeness (QED) is 0.642. The van der Waals surface area contributed by atoms with Crippen LogP contribution >= 0.6 is 0 Å². The van der Waals surface area contributed by atoms with Crippen molar-refractivity contribution in [1.29, 1.82) is 0 Å². The molecule has 5 heteroatoms. The lowest BCUT2D eigenvalue weighted by Crippen LogP contribution is -2.58. The number of carbonyl (C=O) groups excluding carboxylic acids is 1. The summed E-state index contributed by atoms with van der Waals surface area (Å²) in [5.74, 6) is -0.863. The Bertz CT molecular complexity index is 294. The maximum absolute atomic E-state index is 11.9. The third-order valence-electron chi connectivity index (χ3n) is 3.57. The molecule has 2 rings (SSSR count). The summed E-state index contributed by atoms with van der Waals surface area (Å²) in [4.78, 5) is 22.6. The highest BCUT2D eigenvalue weighted by atomic mass is 16.4. The Kier molecular flexibility index (Phi) is 3.14. The van der Waals surface area contributed by atoms with Gasteiger partial charge in [-0.05, 0) is 38.6 Å². The molecule has 1 atom stereocenters. The van der Waals surface area contributed by atoms with Crippen LogP contribution in [0.25, 0.3) is 0 Å². The molecule has 1 saturated carbocycles. The average Bonchev–Trinajstić information content (AvgIpc) is 2.66. The standard InChI is InChI=1S/C11H18N2O3/c14-9(15)7-11(4-2-5-11)13-10(16)8-3-1-6-12-8/h8,12H,1-7H2,(H,13,16)(H,14,15). The Morgan fingerprint density at radius 3 is 2.56 bits per heavy atom. The van der Waals surface area contributed by atoms with E-state index in [1.165, 1.54) is 0 Å². The fourth-order valence-corrected chi connectivity index (χ4v) is 2.50. The molecule has 1 unspecified atom stereocenters. The molecule has 1 heterocycles. The molecule has 2 aliphatic rings. The van der Waals surface area contributed by atoms with Gasteiger partial charge in [-0.2, -0.15) is 0 Å². The van der Waals surface area contributed by atoms with Crippen molar-refractivity contribution in [2.45, 2.75) is 50.1 Å². The van der Waals surface area contributed by atoms with Gasteiger partial charge in [-0.25, -0.2) is 0 Å². The molecular weight excluding hydrogens is 208 g/mol. The first kappa shape index (κ1) is 11.4. The lowest BCUT2D eigenvalue weighted by molar-refractivity contribution is -0.140. The molecule has 1 saturated heterocycles. The van der Waals surface area contributed by atoms with Crippen LogP contribution in [0.15, 0.2) is 0 Å². The highest BCUT2D eigenvalue weighted by Crippen LogP contribution is 2.35. The molecule has 2 fully saturated rings. The van der Waals surface area contributed by atoms with Gasteiger partial charge in [-0.1, -0.05) is 0 Å². The first-order valence-corrected chi connectivity index (χ1v) is 5.89. The van der Waals surface area contributed by atoms with Crippen LogP contribution in [0.1, 0.15) is 38.5 Å². The SMILES string of the molecule is O=C(O)CC1(NC(=O)C2CCCN2)CCC1. The normalized spacial score (nSPS) is 27.1. The number of carbonyl (C=O) groups is 2. The second-order valence-electron chi connectivity index (χ2n) is 4.84. The molecule has 0 aromatic carbocycles. The smallest absolute Gasteiger partial charge is 0.305 e. The molecule has 5 nitrogen and oxygen atoms in total. The molecule has 1 aliphatic heterocycles. The zero-order valence-electron chi connectivity index (χ0n) is 9.29. The first-order valence-electron chi connectivity index (χ1n) is 5.89. The number of hydrogen-bond donors (Lipinski definition) is 3. The fraction of sp³-hybridized carbons (Fsp3) is 0.818. The number of carboxylic acids is 1. The monoisotopic (exact) mass is 226 g/mol. The van der Waals surface area contributed by atoms with Gasteiger partial charge in [0.05, 0.1) is 18.0 Å². The van der Waals surface area contributed by atoms with Crippen LogP contribution in [0.3, 0.4) is 0 Å². The van der Waals surface area contributed by atoms with E-state index in [0.717, 1.165) is 38.6 Å². The van der Waals surface area contributed by atoms with Gasteiger partial charge in [-0.15, -0.1) is 0 Å². The fourth-order valence-electron chi connectivity index (χ4n) is 2.50. The van der Waals surface area contributed by atoms with Gasteiger partial charge in [0.25, 0.3) is 0 Å². The zero-order chi connectivity index (χ0) is 11.6. The lowest BCUT2D eigenvalue weighted by Gasteiger charge is -2.42. The molecule has 16 heavy (non-hydrogen) atoms. The molecule has 1 amide bonds. The summed E-state index contributed by atoms with van der Waals surface area (Å²) < 4.78 is 0. The van der Waals surface area contributed by atoms with Gasteiger partial charge >= 0.3 is 5.97 Å². The maximum Gasteiger partial charge on any atom is 0.305 e. The summed E-state index contributed by atoms with van der Waals surface area (Å²) in [5.41, 5.74) is -0.465. The van der Waals surface area contributed by atoms with Gasteiger partial charge in [-0.3, -0.25) is 9.59 Å². The van der Waals surface area contributed by atoms with Gasteiger partial charge in [0.2, 0.25) is 5.91 Å². The molecule has 0 bridgehead atoms. The van der Waals surface area contributed by atoms with Crippen molar-refractivity contribution in [3.05, 3.63) is 0 Å². The lowest BCUT2D eigenvalue weighted by atomic mass is 9.74. The molecule has 1 aliphatic carbocycles. The molecule has 0 aromatic heterocycles. The minimum absolute atomic E-state index is 0.0292. The van der Waals surface area contributed by atoms with E-state index in [2.05, 4.69) is 10.6 Å². The summed E-state index contributed by atoms with van der Waals surface area (Å²) in [6, 6.07) is -0.119. The Labute approximate surface area is 94.6 Å². The topological polar surface area (TPSA) is 78.4 Å². The molecule has 0 aromatic rings. The Hall–Kier alpha value is -1.10. The Balaban J connectivity index is 1.90. The predicted molar refractivity (Wildman–Crippen MR) is 58.0 cm³/mol. The van der Waals surface area contributed by atoms with Crippen molar-refractivity contribution in [1.82, 2.24) is 10.6 Å². The van der Waals surface area contributed by atoms with Crippen molar-refractivity contribution in [2.75, 3.05) is 6.54 Å². The van der Waals surface area contributed by atoms with Crippen LogP contribution in [0, 0.1) is 0 Å². The highest BCUT2D eigenvalue weighted by molar-refractivity contribution is 5.83. The van der Waals surface area contributed by atoms with E-state index in [0.29, 0.717) is 0 Å². The van der Waals surface area contributed by atoms with Crippen LogP contribution in [-0.4, -0.2) is 35.1 Å². The van der Waals surface area contributed by atoms with Crippen LogP contribution in [0.5, 0.6) is 0 Å². The minimum atomic E-state index is -0.834. The maximum atomic E-state index is 11.9. The second-order valence-corrected chi connectivity index (χ2v) is 4.84. The summed E-state index contributed by atoms with van der Waals surface area (Å²) in [6.45, 7) is 0.879. The second kappa shape index (κ2) is 4.41. The number of rotatable bonds is 4. The van der Waals surface area contributed by atoms with Crippen molar-refractivity contribution >= 4 is 11.9 Å². The van der Waals surface area contributed by atoms with Crippen LogP contribution < -0.4 is 10.6 Å². The molecule has 0 spiro atoms. The van der Waals surface area contributed by atoms with E-state index < -0.39 is 11.5 Å². The predicted octanol–water partition coefficient (Wildman–Crippen LogP) is 0.252. The number of amides is 1. The first-order chi connectivity index (χ1) is 7.61. The number of nitrogens with one attached hydrogen (secondary N) is 2. The van der Waals surface area contributed by atoms with Crippen molar-refractivity contribution < 1.29 is 14.7 Å². The molecule has 3 N–H and O–H groups in total. The largest absolute Gasteiger partial charge is 0.481 e. The molecule has 90 valence electrons. The molecule has 0 radical (unpaired) electrons. The van der Waals surface area contributed by atoms with Crippen LogP contribution in [0.4, 0.5) is 0 Å². The highest BCUT2D eigenvalue weighted by Gasteiger charge is 2.41. The summed E-state index contributed by atoms with van der Waals surface area (Å²) >= 11 is 0. The number of aliphatic carboxylic acids is 1. The third kappa shape index (κ3) is 2.35. The average molecular weight is 226 g/mol. The molecular formula is C11H18N2O3. The Morgan fingerprint density at radius 1 is 1.38 bits per heavy atom. The van der Waals surface area contributed by atoms with E-state index in [4.69, 9.17) is 5.11 Å². The van der Waals surface area contributed by atoms with Gasteiger partial charge in [0.1, 0.15) is 0 Å². The zero-order valence-corrected chi connectivity index (χ0v) is 9.29. The number of carboxylic acid groups (broad SMARTS) is 1. The van der Waals surface area contributed by atoms with Crippen molar-refractivity contribution in [2.24, 2.45) is 0 Å². The van der Waals surface area contributed by atoms with Gasteiger partial charge in [0, 0.05) is 0 Å². The van der Waals surface area contributed by atoms with Crippen LogP contribution in [-0.2, 0) is 9.59 Å². The van der Waals surface area contributed by atoms with Crippen molar-refractivity contribution in [3.63, 3.8) is 0 Å². The van der Waals surface area contributed by atoms with Gasteiger partial charge < -0.3 is 15.7 Å². The minimum Gasteiger partial charge on any atom is -0.481 e. The summed E-state index contributed by atoms with van der Waals surface area (Å²) in [6.07, 6.45) is 4.51. The van der Waals surface area contributed by atoms with E-state index >= 15 is 0 Å². The number of hydrogen-bond acceptors (Lipinski definition) is 3. The van der Waals surface area contributed by atoms with E-state index in [1.807, 2.05) is 0 Å².